The second-order valence-electron chi connectivity index (χ2n) is 10.7. The molecule has 9 nitrogen and oxygen atoms in total. The summed E-state index contributed by atoms with van der Waals surface area (Å²) in [7, 11) is 0. The number of nitroso groups, excluding NO2 is 1. The Bertz CT molecular complexity index is 1610. The van der Waals surface area contributed by atoms with Gasteiger partial charge in [-0.15, -0.1) is 0 Å². The fraction of sp³-hybridized carbons (Fsp3) is 0.379. The number of aromatic amines is 2. The lowest BCUT2D eigenvalue weighted by atomic mass is 9.82. The third-order valence-electron chi connectivity index (χ3n) is 8.23. The number of H-pyrrole nitrogens is 2. The first-order valence-electron chi connectivity index (χ1n) is 13.6. The molecular weight excluding hydrogens is 476 g/mol. The number of imidazole rings is 1. The normalized spacial score (nSPS) is 20.4. The zero-order valence-electron chi connectivity index (χ0n) is 21.2. The van der Waals surface area contributed by atoms with Gasteiger partial charge in [0.05, 0.1) is 28.8 Å². The molecule has 192 valence electrons. The first kappa shape index (κ1) is 23.2. The van der Waals surface area contributed by atoms with E-state index >= 15 is 0 Å². The Hall–Kier alpha value is -3.98. The topological polar surface area (TPSA) is 116 Å². The third-order valence-corrected chi connectivity index (χ3v) is 8.23. The quantitative estimate of drug-likeness (QED) is 0.275. The van der Waals surface area contributed by atoms with Crippen LogP contribution in [0.1, 0.15) is 55.6 Å². The average Bonchev–Trinajstić information content (AvgIpc) is 3.72. The largest absolute Gasteiger partial charge is 0.335 e. The molecule has 1 saturated heterocycles. The Morgan fingerprint density at radius 2 is 1.76 bits per heavy atom. The van der Waals surface area contributed by atoms with Crippen LogP contribution in [0.25, 0.3) is 44.6 Å². The number of nitrogens with one attached hydrogen (secondary N) is 2. The fourth-order valence-corrected chi connectivity index (χ4v) is 6.16. The molecule has 0 unspecified atom stereocenters. The van der Waals surface area contributed by atoms with Crippen molar-refractivity contribution in [2.24, 2.45) is 5.18 Å². The number of pyridine rings is 2. The maximum Gasteiger partial charge on any atom is 0.159 e. The molecule has 38 heavy (non-hydrogen) atoms. The number of hydrogen-bond donors (Lipinski definition) is 2. The summed E-state index contributed by atoms with van der Waals surface area (Å²) in [5.41, 5.74) is 8.18. The summed E-state index contributed by atoms with van der Waals surface area (Å²) in [6.45, 7) is 3.28. The Morgan fingerprint density at radius 3 is 2.61 bits per heavy atom. The summed E-state index contributed by atoms with van der Waals surface area (Å²) in [4.78, 5) is 31.0. The molecule has 0 atom stereocenters. The molecule has 4 aromatic heterocycles. The van der Waals surface area contributed by atoms with E-state index in [0.717, 1.165) is 82.4 Å². The van der Waals surface area contributed by atoms with Gasteiger partial charge in [0.25, 0.3) is 0 Å². The van der Waals surface area contributed by atoms with Crippen LogP contribution >= 0.6 is 0 Å². The van der Waals surface area contributed by atoms with Gasteiger partial charge in [0.1, 0.15) is 5.69 Å². The van der Waals surface area contributed by atoms with E-state index in [1.54, 1.807) is 0 Å². The summed E-state index contributed by atoms with van der Waals surface area (Å²) in [6, 6.07) is 8.55. The molecule has 2 aliphatic rings. The molecule has 0 radical (unpaired) electrons. The predicted molar refractivity (Wildman–Crippen MR) is 148 cm³/mol. The SMILES string of the molecule is O=NC1CCC(c2cncc3[nH]c(-c4n[nH]c5ccc(-c6cncc(CN7CCCC7)c6)cc45)nc23)CC1. The van der Waals surface area contributed by atoms with E-state index in [0.29, 0.717) is 5.92 Å². The van der Waals surface area contributed by atoms with E-state index in [9.17, 15) is 4.91 Å². The van der Waals surface area contributed by atoms with Gasteiger partial charge in [0, 0.05) is 41.6 Å². The molecule has 0 amide bonds. The van der Waals surface area contributed by atoms with Gasteiger partial charge in [0.15, 0.2) is 5.82 Å². The van der Waals surface area contributed by atoms with Crippen molar-refractivity contribution in [1.29, 1.82) is 0 Å². The minimum absolute atomic E-state index is 0.0612. The second kappa shape index (κ2) is 9.72. The van der Waals surface area contributed by atoms with E-state index in [-0.39, 0.29) is 6.04 Å². The van der Waals surface area contributed by atoms with Crippen LogP contribution in [-0.2, 0) is 6.54 Å². The lowest BCUT2D eigenvalue weighted by Gasteiger charge is -2.24. The molecule has 1 saturated carbocycles. The van der Waals surface area contributed by atoms with Crippen molar-refractivity contribution >= 4 is 21.9 Å². The summed E-state index contributed by atoms with van der Waals surface area (Å²) >= 11 is 0. The van der Waals surface area contributed by atoms with Crippen molar-refractivity contribution < 1.29 is 0 Å². The Morgan fingerprint density at radius 1 is 0.921 bits per heavy atom. The Balaban J connectivity index is 1.22. The predicted octanol–water partition coefficient (Wildman–Crippen LogP) is 5.95. The van der Waals surface area contributed by atoms with Crippen molar-refractivity contribution in [1.82, 2.24) is 35.0 Å². The first-order valence-corrected chi connectivity index (χ1v) is 13.6. The molecule has 2 fully saturated rings. The number of nitrogens with zero attached hydrogens (tertiary/aromatic N) is 6. The number of benzene rings is 1. The fourth-order valence-electron chi connectivity index (χ4n) is 6.16. The highest BCUT2D eigenvalue weighted by Gasteiger charge is 2.26. The summed E-state index contributed by atoms with van der Waals surface area (Å²) < 4.78 is 0. The van der Waals surface area contributed by atoms with Gasteiger partial charge >= 0.3 is 0 Å². The zero-order chi connectivity index (χ0) is 25.5. The standard InChI is InChI=1S/C29H30N8O/c38-36-22-6-3-19(4-7-22)24-15-31-16-26-27(24)33-29(32-26)28-23-12-20(5-8-25(23)34-35-28)21-11-18(13-30-14-21)17-37-9-1-2-10-37/h5,8,11-16,19,22H,1-4,6-7,9-10,17H2,(H,32,33)(H,34,35). The summed E-state index contributed by atoms with van der Waals surface area (Å²) in [5.74, 6) is 1.06. The van der Waals surface area contributed by atoms with Crippen molar-refractivity contribution in [2.45, 2.75) is 57.0 Å². The molecule has 2 N–H and O–H groups in total. The highest BCUT2D eigenvalue weighted by Crippen LogP contribution is 2.37. The van der Waals surface area contributed by atoms with Gasteiger partial charge in [0.2, 0.25) is 0 Å². The first-order chi connectivity index (χ1) is 18.7. The number of aromatic nitrogens is 6. The molecule has 0 bridgehead atoms. The molecule has 7 rings (SSSR count). The van der Waals surface area contributed by atoms with Crippen LogP contribution in [0, 0.1) is 4.91 Å². The second-order valence-corrected chi connectivity index (χ2v) is 10.7. The van der Waals surface area contributed by atoms with Gasteiger partial charge in [-0.25, -0.2) is 4.98 Å². The molecule has 9 heteroatoms. The number of rotatable bonds is 6. The molecule has 5 heterocycles. The maximum absolute atomic E-state index is 11.0. The van der Waals surface area contributed by atoms with Crippen LogP contribution in [0.5, 0.6) is 0 Å². The zero-order valence-corrected chi connectivity index (χ0v) is 21.2. The van der Waals surface area contributed by atoms with Crippen LogP contribution in [-0.4, -0.2) is 54.2 Å². The number of hydrogen-bond acceptors (Lipinski definition) is 7. The molecular formula is C29H30N8O. The van der Waals surface area contributed by atoms with Gasteiger partial charge in [-0.1, -0.05) is 11.2 Å². The van der Waals surface area contributed by atoms with E-state index < -0.39 is 0 Å². The number of likely N-dealkylation sites (tertiary alicyclic amines) is 1. The van der Waals surface area contributed by atoms with E-state index in [2.05, 4.69) is 59.5 Å². The maximum atomic E-state index is 11.0. The Labute approximate surface area is 220 Å². The van der Waals surface area contributed by atoms with Crippen LogP contribution in [0.4, 0.5) is 0 Å². The van der Waals surface area contributed by atoms with Gasteiger partial charge in [-0.05, 0) is 86.9 Å². The van der Waals surface area contributed by atoms with Crippen LogP contribution in [0.3, 0.4) is 0 Å². The highest BCUT2D eigenvalue weighted by atomic mass is 16.3. The van der Waals surface area contributed by atoms with Gasteiger partial charge in [-0.3, -0.25) is 20.0 Å². The molecule has 5 aromatic rings. The summed E-state index contributed by atoms with van der Waals surface area (Å²) in [5, 5.41) is 12.1. The molecule has 1 aromatic carbocycles. The molecule has 1 aliphatic carbocycles. The van der Waals surface area contributed by atoms with Crippen molar-refractivity contribution in [3.05, 3.63) is 65.1 Å². The van der Waals surface area contributed by atoms with Crippen LogP contribution in [0.2, 0.25) is 0 Å². The monoisotopic (exact) mass is 506 g/mol. The average molecular weight is 507 g/mol. The van der Waals surface area contributed by atoms with Crippen molar-refractivity contribution in [3.8, 4) is 22.6 Å². The van der Waals surface area contributed by atoms with E-state index in [1.165, 1.54) is 31.5 Å². The van der Waals surface area contributed by atoms with Crippen LogP contribution < -0.4 is 0 Å². The van der Waals surface area contributed by atoms with Crippen molar-refractivity contribution in [2.75, 3.05) is 13.1 Å². The summed E-state index contributed by atoms with van der Waals surface area (Å²) in [6.07, 6.45) is 13.7. The lowest BCUT2D eigenvalue weighted by molar-refractivity contribution is 0.331. The van der Waals surface area contributed by atoms with Crippen molar-refractivity contribution in [3.63, 3.8) is 0 Å². The third kappa shape index (κ3) is 4.26. The molecule has 0 spiro atoms. The van der Waals surface area contributed by atoms with Crippen LogP contribution in [0.15, 0.2) is 54.2 Å². The van der Waals surface area contributed by atoms with E-state index in [4.69, 9.17) is 4.98 Å². The minimum atomic E-state index is -0.0612. The Kier molecular flexibility index (Phi) is 5.92. The van der Waals surface area contributed by atoms with Gasteiger partial charge < -0.3 is 4.98 Å². The van der Waals surface area contributed by atoms with E-state index in [1.807, 2.05) is 24.8 Å². The lowest BCUT2D eigenvalue weighted by Crippen LogP contribution is -2.18. The molecule has 1 aliphatic heterocycles. The number of fused-ring (bicyclic) bond motifs is 2. The van der Waals surface area contributed by atoms with Gasteiger partial charge in [-0.2, -0.15) is 10.0 Å². The smallest absolute Gasteiger partial charge is 0.159 e. The highest BCUT2D eigenvalue weighted by molar-refractivity contribution is 5.95. The minimum Gasteiger partial charge on any atom is -0.335 e.